The monoisotopic (exact) mass is 381 g/mol. The van der Waals surface area contributed by atoms with Crippen molar-refractivity contribution in [3.8, 4) is 0 Å². The molecule has 0 bridgehead atoms. The molecule has 29 heavy (non-hydrogen) atoms. The molecule has 142 valence electrons. The number of nitrogens with one attached hydrogen (secondary N) is 1. The quantitative estimate of drug-likeness (QED) is 0.571. The summed E-state index contributed by atoms with van der Waals surface area (Å²) >= 11 is 0. The zero-order valence-corrected chi connectivity index (χ0v) is 15.9. The smallest absolute Gasteiger partial charge is 0.275 e. The molecule has 1 aliphatic rings. The van der Waals surface area contributed by atoms with Crippen molar-refractivity contribution in [2.24, 2.45) is 0 Å². The molecule has 6 heteroatoms. The summed E-state index contributed by atoms with van der Waals surface area (Å²) in [5, 5.41) is 3.86. The van der Waals surface area contributed by atoms with Gasteiger partial charge in [-0.25, -0.2) is 9.97 Å². The van der Waals surface area contributed by atoms with E-state index >= 15 is 0 Å². The predicted molar refractivity (Wildman–Crippen MR) is 113 cm³/mol. The number of fused-ring (bicyclic) bond motifs is 2. The van der Waals surface area contributed by atoms with E-state index in [9.17, 15) is 4.79 Å². The van der Waals surface area contributed by atoms with Crippen LogP contribution in [0.4, 0.5) is 17.2 Å². The molecule has 0 saturated carbocycles. The second-order valence-corrected chi connectivity index (χ2v) is 7.15. The number of nitrogens with zero attached hydrogens (tertiary/aromatic N) is 4. The fourth-order valence-electron chi connectivity index (χ4n) is 3.87. The van der Waals surface area contributed by atoms with Crippen molar-refractivity contribution in [2.45, 2.75) is 19.4 Å². The number of carbonyl (C=O) groups is 1. The van der Waals surface area contributed by atoms with Gasteiger partial charge in [0, 0.05) is 23.3 Å². The molecule has 0 radical (unpaired) electrons. The molecular formula is C23H19N5O. The van der Waals surface area contributed by atoms with Gasteiger partial charge in [-0.2, -0.15) is 0 Å². The van der Waals surface area contributed by atoms with Crippen LogP contribution < -0.4 is 10.2 Å². The molecule has 6 nitrogen and oxygen atoms in total. The maximum absolute atomic E-state index is 12.7. The number of aromatic nitrogens is 3. The summed E-state index contributed by atoms with van der Waals surface area (Å²) < 4.78 is 0. The van der Waals surface area contributed by atoms with Gasteiger partial charge in [0.15, 0.2) is 5.82 Å². The third-order valence-corrected chi connectivity index (χ3v) is 5.21. The molecule has 3 heterocycles. The number of anilines is 3. The molecule has 1 amide bonds. The summed E-state index contributed by atoms with van der Waals surface area (Å²) in [6, 6.07) is 18.1. The molecule has 1 unspecified atom stereocenters. The summed E-state index contributed by atoms with van der Waals surface area (Å²) in [7, 11) is 0. The molecule has 2 aromatic carbocycles. The molecule has 5 rings (SSSR count). The molecule has 1 aliphatic heterocycles. The predicted octanol–water partition coefficient (Wildman–Crippen LogP) is 4.36. The van der Waals surface area contributed by atoms with E-state index in [1.54, 1.807) is 12.4 Å². The van der Waals surface area contributed by atoms with E-state index in [0.29, 0.717) is 11.7 Å². The highest BCUT2D eigenvalue weighted by atomic mass is 16.1. The first kappa shape index (κ1) is 17.3. The topological polar surface area (TPSA) is 71.0 Å². The van der Waals surface area contributed by atoms with Crippen molar-refractivity contribution < 1.29 is 4.79 Å². The Bertz CT molecular complexity index is 1200. The lowest BCUT2D eigenvalue weighted by atomic mass is 10.1. The van der Waals surface area contributed by atoms with E-state index in [1.807, 2.05) is 36.4 Å². The van der Waals surface area contributed by atoms with Crippen molar-refractivity contribution >= 4 is 34.0 Å². The Hall–Kier alpha value is -3.80. The van der Waals surface area contributed by atoms with E-state index in [0.717, 1.165) is 28.8 Å². The molecular weight excluding hydrogens is 362 g/mol. The van der Waals surface area contributed by atoms with Crippen molar-refractivity contribution in [1.29, 1.82) is 0 Å². The maximum atomic E-state index is 12.7. The van der Waals surface area contributed by atoms with Gasteiger partial charge < -0.3 is 10.2 Å². The average Bonchev–Trinajstić information content (AvgIpc) is 3.10. The zero-order valence-electron chi connectivity index (χ0n) is 15.9. The van der Waals surface area contributed by atoms with E-state index in [-0.39, 0.29) is 11.6 Å². The number of pyridine rings is 1. The first-order valence-corrected chi connectivity index (χ1v) is 9.55. The Morgan fingerprint density at radius 1 is 1.00 bits per heavy atom. The van der Waals surface area contributed by atoms with Gasteiger partial charge in [-0.05, 0) is 37.1 Å². The minimum absolute atomic E-state index is 0.266. The van der Waals surface area contributed by atoms with E-state index in [2.05, 4.69) is 50.3 Å². The van der Waals surface area contributed by atoms with E-state index < -0.39 is 0 Å². The van der Waals surface area contributed by atoms with Crippen LogP contribution in [0.15, 0.2) is 73.2 Å². The molecule has 0 aliphatic carbocycles. The van der Waals surface area contributed by atoms with Gasteiger partial charge in [-0.1, -0.05) is 36.4 Å². The largest absolute Gasteiger partial charge is 0.322 e. The highest BCUT2D eigenvalue weighted by Gasteiger charge is 2.28. The Morgan fingerprint density at radius 2 is 1.86 bits per heavy atom. The standard InChI is InChI=1S/C23H19N5O/c1-15-12-17-6-2-3-10-20(17)28(15)21-14-25-19(13-26-21)23(29)27-18-9-4-7-16-8-5-11-24-22(16)18/h2-11,13-15H,12H2,1H3,(H,27,29). The van der Waals surface area contributed by atoms with Crippen molar-refractivity contribution in [3.05, 3.63) is 84.4 Å². The van der Waals surface area contributed by atoms with Gasteiger partial charge >= 0.3 is 0 Å². The lowest BCUT2D eigenvalue weighted by Gasteiger charge is -2.23. The highest BCUT2D eigenvalue weighted by Crippen LogP contribution is 2.36. The summed E-state index contributed by atoms with van der Waals surface area (Å²) in [5.41, 5.74) is 4.11. The number of hydrogen-bond acceptors (Lipinski definition) is 5. The average molecular weight is 381 g/mol. The number of amides is 1. The molecule has 0 spiro atoms. The Balaban J connectivity index is 1.40. The van der Waals surface area contributed by atoms with Gasteiger partial charge in [-0.3, -0.25) is 9.78 Å². The number of rotatable bonds is 3. The van der Waals surface area contributed by atoms with Crippen LogP contribution in [-0.2, 0) is 6.42 Å². The van der Waals surface area contributed by atoms with Crippen molar-refractivity contribution in [3.63, 3.8) is 0 Å². The Kier molecular flexibility index (Phi) is 4.17. The van der Waals surface area contributed by atoms with Crippen LogP contribution >= 0.6 is 0 Å². The third kappa shape index (κ3) is 3.08. The molecule has 0 fully saturated rings. The number of para-hydroxylation sites is 2. The molecule has 4 aromatic rings. The molecule has 0 saturated heterocycles. The van der Waals surface area contributed by atoms with Gasteiger partial charge in [-0.15, -0.1) is 0 Å². The molecule has 1 N–H and O–H groups in total. The lowest BCUT2D eigenvalue weighted by molar-refractivity contribution is 0.102. The number of carbonyl (C=O) groups excluding carboxylic acids is 1. The minimum atomic E-state index is -0.308. The summed E-state index contributed by atoms with van der Waals surface area (Å²) in [4.78, 5) is 28.1. The SMILES string of the molecule is CC1Cc2ccccc2N1c1cnc(C(=O)Nc2cccc3cccnc23)cn1. The summed E-state index contributed by atoms with van der Waals surface area (Å²) in [6.07, 6.45) is 5.86. The highest BCUT2D eigenvalue weighted by molar-refractivity contribution is 6.07. The maximum Gasteiger partial charge on any atom is 0.275 e. The van der Waals surface area contributed by atoms with Crippen molar-refractivity contribution in [1.82, 2.24) is 15.0 Å². The van der Waals surface area contributed by atoms with E-state index in [1.165, 1.54) is 11.8 Å². The van der Waals surface area contributed by atoms with Crippen LogP contribution in [-0.4, -0.2) is 26.9 Å². The van der Waals surface area contributed by atoms with Crippen molar-refractivity contribution in [2.75, 3.05) is 10.2 Å². The van der Waals surface area contributed by atoms with Gasteiger partial charge in [0.05, 0.1) is 23.6 Å². The fraction of sp³-hybridized carbons (Fsp3) is 0.130. The first-order valence-electron chi connectivity index (χ1n) is 9.55. The fourth-order valence-corrected chi connectivity index (χ4v) is 3.87. The second-order valence-electron chi connectivity index (χ2n) is 7.15. The van der Waals surface area contributed by atoms with Gasteiger partial charge in [0.2, 0.25) is 0 Å². The first-order chi connectivity index (χ1) is 14.2. The third-order valence-electron chi connectivity index (χ3n) is 5.21. The van der Waals surface area contributed by atoms with Crippen LogP contribution in [0.5, 0.6) is 0 Å². The van der Waals surface area contributed by atoms with Crippen LogP contribution in [0.3, 0.4) is 0 Å². The number of hydrogen-bond donors (Lipinski definition) is 1. The minimum Gasteiger partial charge on any atom is -0.322 e. The molecule has 1 atom stereocenters. The normalized spacial score (nSPS) is 15.3. The summed E-state index contributed by atoms with van der Waals surface area (Å²) in [6.45, 7) is 2.16. The summed E-state index contributed by atoms with van der Waals surface area (Å²) in [5.74, 6) is 0.433. The molecule has 2 aromatic heterocycles. The van der Waals surface area contributed by atoms with Gasteiger partial charge in [0.1, 0.15) is 5.69 Å². The second kappa shape index (κ2) is 6.98. The lowest BCUT2D eigenvalue weighted by Crippen LogP contribution is -2.25. The van der Waals surface area contributed by atoms with Crippen LogP contribution in [0.25, 0.3) is 10.9 Å². The van der Waals surface area contributed by atoms with Gasteiger partial charge in [0.25, 0.3) is 5.91 Å². The van der Waals surface area contributed by atoms with Crippen LogP contribution in [0.2, 0.25) is 0 Å². The van der Waals surface area contributed by atoms with Crippen LogP contribution in [0, 0.1) is 0 Å². The Labute approximate surface area is 168 Å². The number of benzene rings is 2. The van der Waals surface area contributed by atoms with E-state index in [4.69, 9.17) is 0 Å². The van der Waals surface area contributed by atoms with Crippen LogP contribution in [0.1, 0.15) is 23.0 Å². The Morgan fingerprint density at radius 3 is 2.72 bits per heavy atom. The zero-order chi connectivity index (χ0) is 19.8.